The predicted octanol–water partition coefficient (Wildman–Crippen LogP) is 5.71. The van der Waals surface area contributed by atoms with Crippen LogP contribution in [0.4, 0.5) is 0 Å². The molecular formula is C29H18ClN5O10. The number of rotatable bonds is 4. The Morgan fingerprint density at radius 1 is 1.09 bits per heavy atom. The summed E-state index contributed by atoms with van der Waals surface area (Å²) >= 11 is 6.35. The van der Waals surface area contributed by atoms with Crippen LogP contribution in [0.3, 0.4) is 0 Å². The van der Waals surface area contributed by atoms with Gasteiger partial charge in [0.05, 0.1) is 23.1 Å². The van der Waals surface area contributed by atoms with Gasteiger partial charge < -0.3 is 32.7 Å². The molecule has 4 atom stereocenters. The van der Waals surface area contributed by atoms with E-state index in [4.69, 9.17) is 44.9 Å². The van der Waals surface area contributed by atoms with Gasteiger partial charge in [0.15, 0.2) is 35.0 Å². The number of halogens is 1. The van der Waals surface area contributed by atoms with Crippen molar-refractivity contribution in [3.63, 3.8) is 0 Å². The number of fused-ring (bicyclic) bond motifs is 6. The molecule has 226 valence electrons. The molecule has 0 fully saturated rings. The van der Waals surface area contributed by atoms with Gasteiger partial charge in [-0.05, 0) is 40.0 Å². The van der Waals surface area contributed by atoms with Gasteiger partial charge in [0.25, 0.3) is 5.91 Å². The minimum Gasteiger partial charge on any atom is -0.491 e. The van der Waals surface area contributed by atoms with Gasteiger partial charge in [0, 0.05) is 35.4 Å². The molecule has 4 unspecified atom stereocenters. The SMILES string of the molecule is COc1c(Cl)ccc2c(=O)c3c(oc12)c1c2c4c3oc3c5c(cc(c34)C(OC)C2OCO1)C(N=O)C(C(=O)N=[N+]=[N-])N(C)C5=O. The molecule has 2 aliphatic heterocycles. The van der Waals surface area contributed by atoms with Crippen LogP contribution in [0.2, 0.25) is 5.02 Å². The van der Waals surface area contributed by atoms with Crippen LogP contribution in [0.1, 0.15) is 45.3 Å². The standard InChI is InChI=1S/C29H18ClN5O10/c1-35-18(28(37)32-34-31)17(33-39)9-6-10-12-14-15-25(20(10)40-2)42-7-43-26(15)27-16(24(14)45-23(12)13(9)29(35)38)19(36)8-4-5-11(30)22(41-3)21(8)44-27/h4-6,17-18,20,25H,7H2,1-3H3. The summed E-state index contributed by atoms with van der Waals surface area (Å²) in [5.41, 5.74) is 9.63. The summed E-state index contributed by atoms with van der Waals surface area (Å²) in [6, 6.07) is 1.61. The second-order valence-electron chi connectivity index (χ2n) is 10.7. The molecule has 45 heavy (non-hydrogen) atoms. The first-order chi connectivity index (χ1) is 21.8. The Bertz CT molecular complexity index is 2340. The van der Waals surface area contributed by atoms with Crippen LogP contribution in [0, 0.1) is 4.91 Å². The van der Waals surface area contributed by atoms with Crippen LogP contribution in [0.15, 0.2) is 42.1 Å². The number of furan rings is 1. The summed E-state index contributed by atoms with van der Waals surface area (Å²) in [5.74, 6) is -1.38. The number of hydrogen-bond donors (Lipinski definition) is 0. The largest absolute Gasteiger partial charge is 0.491 e. The molecule has 3 aliphatic rings. The molecule has 0 saturated carbocycles. The van der Waals surface area contributed by atoms with E-state index in [1.807, 2.05) is 0 Å². The highest BCUT2D eigenvalue weighted by atomic mass is 35.5. The van der Waals surface area contributed by atoms with E-state index in [-0.39, 0.29) is 67.5 Å². The lowest BCUT2D eigenvalue weighted by atomic mass is 9.79. The van der Waals surface area contributed by atoms with E-state index in [0.29, 0.717) is 21.9 Å². The van der Waals surface area contributed by atoms with Crippen LogP contribution >= 0.6 is 11.6 Å². The summed E-state index contributed by atoms with van der Waals surface area (Å²) in [6.45, 7) is -0.224. The zero-order valence-electron chi connectivity index (χ0n) is 23.4. The maximum atomic E-state index is 14.2. The molecule has 1 aliphatic carbocycles. The van der Waals surface area contributed by atoms with Crippen LogP contribution in [-0.2, 0) is 14.3 Å². The number of carbonyl (C=O) groups excluding carboxylic acids is 2. The van der Waals surface area contributed by atoms with Crippen LogP contribution < -0.4 is 14.9 Å². The lowest BCUT2D eigenvalue weighted by Gasteiger charge is -2.38. The molecule has 2 amide bonds. The molecule has 0 N–H and O–H groups in total. The summed E-state index contributed by atoms with van der Waals surface area (Å²) in [5, 5.41) is 7.58. The number of hydrogen-bond acceptors (Lipinski definition) is 11. The number of azide groups is 1. The molecule has 16 heteroatoms. The monoisotopic (exact) mass is 631 g/mol. The van der Waals surface area contributed by atoms with Crippen LogP contribution in [-0.4, -0.2) is 50.8 Å². The Hall–Kier alpha value is -5.21. The van der Waals surface area contributed by atoms with Gasteiger partial charge in [0.1, 0.15) is 35.3 Å². The molecule has 8 rings (SSSR count). The topological polar surface area (TPSA) is 196 Å². The van der Waals surface area contributed by atoms with Crippen LogP contribution in [0.25, 0.3) is 54.3 Å². The van der Waals surface area contributed by atoms with Crippen molar-refractivity contribution >= 4 is 67.3 Å². The van der Waals surface area contributed by atoms with Crippen molar-refractivity contribution in [2.24, 2.45) is 10.3 Å². The average Bonchev–Trinajstić information content (AvgIpc) is 3.43. The first kappa shape index (κ1) is 27.3. The molecule has 0 spiro atoms. The fraction of sp³-hybridized carbons (Fsp3) is 0.276. The van der Waals surface area contributed by atoms with Gasteiger partial charge in [0.2, 0.25) is 11.3 Å². The number of ether oxygens (including phenoxy) is 4. The van der Waals surface area contributed by atoms with Gasteiger partial charge in [-0.1, -0.05) is 16.8 Å². The number of benzene rings is 3. The number of likely N-dealkylation sites (N-methyl/N-ethyl adjacent to an activating group) is 1. The minimum absolute atomic E-state index is 0.0335. The summed E-state index contributed by atoms with van der Waals surface area (Å²) in [7, 11) is 4.15. The highest BCUT2D eigenvalue weighted by molar-refractivity contribution is 6.33. The average molecular weight is 632 g/mol. The zero-order valence-corrected chi connectivity index (χ0v) is 24.2. The van der Waals surface area contributed by atoms with E-state index in [0.717, 1.165) is 4.90 Å². The van der Waals surface area contributed by atoms with Crippen molar-refractivity contribution < 1.29 is 37.4 Å². The van der Waals surface area contributed by atoms with Gasteiger partial charge in [-0.3, -0.25) is 14.4 Å². The molecule has 2 aromatic heterocycles. The van der Waals surface area contributed by atoms with E-state index in [9.17, 15) is 19.3 Å². The highest BCUT2D eigenvalue weighted by Gasteiger charge is 2.49. The Balaban J connectivity index is 1.59. The van der Waals surface area contributed by atoms with E-state index >= 15 is 0 Å². The number of amides is 2. The highest BCUT2D eigenvalue weighted by Crippen LogP contribution is 2.58. The summed E-state index contributed by atoms with van der Waals surface area (Å²) in [4.78, 5) is 56.7. The normalized spacial score (nSPS) is 21.7. The minimum atomic E-state index is -1.50. The zero-order chi connectivity index (χ0) is 31.5. The Labute approximate surface area is 254 Å². The van der Waals surface area contributed by atoms with E-state index in [2.05, 4.69) is 15.2 Å². The molecule has 3 aromatic carbocycles. The third-order valence-electron chi connectivity index (χ3n) is 8.79. The molecule has 4 heterocycles. The number of methoxy groups -OCH3 is 2. The van der Waals surface area contributed by atoms with E-state index in [1.54, 1.807) is 6.07 Å². The Kier molecular flexibility index (Phi) is 5.71. The molecule has 0 radical (unpaired) electrons. The Morgan fingerprint density at radius 3 is 2.58 bits per heavy atom. The molecule has 0 bridgehead atoms. The van der Waals surface area contributed by atoms with Crippen molar-refractivity contribution in [1.29, 1.82) is 0 Å². The number of nitrogens with zero attached hydrogens (tertiary/aromatic N) is 5. The third kappa shape index (κ3) is 3.27. The second kappa shape index (κ2) is 9.39. The molecule has 0 saturated heterocycles. The maximum absolute atomic E-state index is 14.2. The molecule has 15 nitrogen and oxygen atoms in total. The second-order valence-corrected chi connectivity index (χ2v) is 11.1. The lowest BCUT2D eigenvalue weighted by Crippen LogP contribution is -2.49. The van der Waals surface area contributed by atoms with Gasteiger partial charge in [-0.15, -0.1) is 0 Å². The first-order valence-electron chi connectivity index (χ1n) is 13.4. The molecular weight excluding hydrogens is 614 g/mol. The quantitative estimate of drug-likeness (QED) is 0.0778. The van der Waals surface area contributed by atoms with Gasteiger partial charge in [-0.2, -0.15) is 4.91 Å². The maximum Gasteiger partial charge on any atom is 0.258 e. The van der Waals surface area contributed by atoms with E-state index < -0.39 is 41.5 Å². The fourth-order valence-electron chi connectivity index (χ4n) is 6.96. The number of carbonyl (C=O) groups is 2. The van der Waals surface area contributed by atoms with Crippen molar-refractivity contribution in [2.45, 2.75) is 24.3 Å². The third-order valence-corrected chi connectivity index (χ3v) is 9.09. The summed E-state index contributed by atoms with van der Waals surface area (Å²) in [6.07, 6.45) is -1.62. The van der Waals surface area contributed by atoms with Gasteiger partial charge >= 0.3 is 0 Å². The van der Waals surface area contributed by atoms with E-state index in [1.165, 1.54) is 33.4 Å². The molecule has 5 aromatic rings. The fourth-order valence-corrected chi connectivity index (χ4v) is 7.18. The smallest absolute Gasteiger partial charge is 0.258 e. The summed E-state index contributed by atoms with van der Waals surface area (Å²) < 4.78 is 36.2. The Morgan fingerprint density at radius 2 is 1.87 bits per heavy atom. The van der Waals surface area contributed by atoms with Crippen molar-refractivity contribution in [2.75, 3.05) is 28.1 Å². The van der Waals surface area contributed by atoms with Crippen LogP contribution in [0.5, 0.6) is 11.5 Å². The van der Waals surface area contributed by atoms with Crippen molar-refractivity contribution in [3.8, 4) is 11.5 Å². The first-order valence-corrected chi connectivity index (χ1v) is 13.8. The van der Waals surface area contributed by atoms with Gasteiger partial charge in [-0.25, -0.2) is 0 Å². The lowest BCUT2D eigenvalue weighted by molar-refractivity contribution is -0.123. The van der Waals surface area contributed by atoms with Crippen molar-refractivity contribution in [1.82, 2.24) is 4.90 Å². The van der Waals surface area contributed by atoms with Crippen molar-refractivity contribution in [3.05, 3.63) is 71.0 Å². The predicted molar refractivity (Wildman–Crippen MR) is 156 cm³/mol. The number of nitroso groups, excluding NO2 is 1.